The number of hydrogen-bond donors (Lipinski definition) is 3. The number of ether oxygens (including phenoxy) is 1. The summed E-state index contributed by atoms with van der Waals surface area (Å²) in [6.45, 7) is 2.40. The van der Waals surface area contributed by atoms with E-state index in [1.54, 1.807) is 46.5 Å². The van der Waals surface area contributed by atoms with E-state index < -0.39 is 12.0 Å². The molecule has 0 saturated carbocycles. The first-order valence-electron chi connectivity index (χ1n) is 16.3. The smallest absolute Gasteiger partial charge is 0.337 e. The van der Waals surface area contributed by atoms with Gasteiger partial charge in [-0.2, -0.15) is 0 Å². The molecular formula is C35H38Br2N6O6. The standard InChI is InChI=1S/C35H38Br2N6O6/c1-49-33(46)24-2-3-25-20-43(35(48)39-29(25)19-24)26-8-14-42(15-9-26)34(47)40-30(18-21-16-27(36)31(44)28(37)17-21)32(45)41-12-6-23(7-13-41)22-4-10-38-11-5-22/h2-5,10-11,16-17,19,23,26,30,44H,6-9,12-15,18,20H2,1H3,(H,39,48)(H,40,47)/t30-/m1/s1. The van der Waals surface area contributed by atoms with E-state index in [0.717, 1.165) is 24.0 Å². The highest BCUT2D eigenvalue weighted by atomic mass is 79.9. The van der Waals surface area contributed by atoms with Crippen molar-refractivity contribution in [3.8, 4) is 5.75 Å². The minimum absolute atomic E-state index is 0.0635. The zero-order chi connectivity index (χ0) is 34.7. The van der Waals surface area contributed by atoms with Crippen molar-refractivity contribution in [2.24, 2.45) is 0 Å². The van der Waals surface area contributed by atoms with Gasteiger partial charge in [0.2, 0.25) is 5.91 Å². The van der Waals surface area contributed by atoms with Crippen LogP contribution in [-0.4, -0.2) is 94.1 Å². The zero-order valence-corrected chi connectivity index (χ0v) is 30.2. The summed E-state index contributed by atoms with van der Waals surface area (Å²) in [6, 6.07) is 11.2. The molecule has 0 spiro atoms. The van der Waals surface area contributed by atoms with E-state index in [1.165, 1.54) is 12.7 Å². The van der Waals surface area contributed by atoms with Crippen molar-refractivity contribution in [1.82, 2.24) is 25.0 Å². The van der Waals surface area contributed by atoms with Crippen LogP contribution in [0.1, 0.15) is 58.6 Å². The fraction of sp³-hybridized carbons (Fsp3) is 0.400. The molecule has 2 fully saturated rings. The van der Waals surface area contributed by atoms with Gasteiger partial charge in [0.25, 0.3) is 0 Å². The first kappa shape index (κ1) is 34.7. The second kappa shape index (κ2) is 15.2. The van der Waals surface area contributed by atoms with Crippen LogP contribution < -0.4 is 10.6 Å². The van der Waals surface area contributed by atoms with E-state index >= 15 is 0 Å². The maximum atomic E-state index is 14.0. The molecule has 0 bridgehead atoms. The number of rotatable bonds is 7. The predicted molar refractivity (Wildman–Crippen MR) is 189 cm³/mol. The third-order valence-electron chi connectivity index (χ3n) is 9.66. The number of aromatic hydroxyl groups is 1. The van der Waals surface area contributed by atoms with Crippen molar-refractivity contribution in [3.63, 3.8) is 0 Å². The number of amides is 5. The molecule has 12 nitrogen and oxygen atoms in total. The Morgan fingerprint density at radius 1 is 0.980 bits per heavy atom. The van der Waals surface area contributed by atoms with Gasteiger partial charge in [0.15, 0.2) is 0 Å². The molecule has 2 saturated heterocycles. The number of piperidine rings is 2. The molecule has 0 unspecified atom stereocenters. The molecule has 1 atom stereocenters. The van der Waals surface area contributed by atoms with Crippen LogP contribution in [0.2, 0.25) is 0 Å². The van der Waals surface area contributed by atoms with Gasteiger partial charge in [-0.1, -0.05) is 6.07 Å². The first-order valence-corrected chi connectivity index (χ1v) is 17.9. The number of anilines is 1. The minimum Gasteiger partial charge on any atom is -0.506 e. The molecule has 258 valence electrons. The Morgan fingerprint density at radius 2 is 1.63 bits per heavy atom. The van der Waals surface area contributed by atoms with Gasteiger partial charge in [0, 0.05) is 63.3 Å². The van der Waals surface area contributed by atoms with E-state index in [4.69, 9.17) is 4.74 Å². The molecule has 2 aromatic carbocycles. The Labute approximate surface area is 301 Å². The molecule has 3 aliphatic heterocycles. The minimum atomic E-state index is -0.815. The Balaban J connectivity index is 1.10. The Morgan fingerprint density at radius 3 is 2.29 bits per heavy atom. The maximum absolute atomic E-state index is 14.0. The van der Waals surface area contributed by atoms with Crippen LogP contribution in [0.25, 0.3) is 0 Å². The van der Waals surface area contributed by atoms with Gasteiger partial charge < -0.3 is 35.2 Å². The average Bonchev–Trinajstić information content (AvgIpc) is 3.12. The van der Waals surface area contributed by atoms with Crippen molar-refractivity contribution < 1.29 is 29.0 Å². The third-order valence-corrected chi connectivity index (χ3v) is 10.9. The number of phenols is 1. The van der Waals surface area contributed by atoms with E-state index in [2.05, 4.69) is 47.5 Å². The number of methoxy groups -OCH3 is 1. The van der Waals surface area contributed by atoms with Crippen molar-refractivity contribution in [1.29, 1.82) is 0 Å². The summed E-state index contributed by atoms with van der Waals surface area (Å²) in [7, 11) is 1.31. The molecule has 0 radical (unpaired) electrons. The molecule has 49 heavy (non-hydrogen) atoms. The molecule has 14 heteroatoms. The van der Waals surface area contributed by atoms with Crippen molar-refractivity contribution in [3.05, 3.63) is 86.1 Å². The fourth-order valence-corrected chi connectivity index (χ4v) is 8.18. The average molecular weight is 799 g/mol. The number of carbonyl (C=O) groups is 4. The van der Waals surface area contributed by atoms with Crippen molar-refractivity contribution in [2.45, 2.75) is 56.7 Å². The second-order valence-electron chi connectivity index (χ2n) is 12.6. The normalized spacial score (nSPS) is 17.6. The molecule has 6 rings (SSSR count). The molecule has 3 N–H and O–H groups in total. The monoisotopic (exact) mass is 796 g/mol. The van der Waals surface area contributed by atoms with Crippen LogP contribution in [0.5, 0.6) is 5.75 Å². The molecular weight excluding hydrogens is 760 g/mol. The van der Waals surface area contributed by atoms with Crippen LogP contribution in [0, 0.1) is 0 Å². The molecule has 3 aliphatic rings. The van der Waals surface area contributed by atoms with Gasteiger partial charge in [-0.3, -0.25) is 9.78 Å². The number of aromatic nitrogens is 1. The number of nitrogens with one attached hydrogen (secondary N) is 2. The van der Waals surface area contributed by atoms with Gasteiger partial charge in [0.05, 0.1) is 21.6 Å². The maximum Gasteiger partial charge on any atom is 0.337 e. The Hall–Kier alpha value is -4.17. The largest absolute Gasteiger partial charge is 0.506 e. The van der Waals surface area contributed by atoms with Gasteiger partial charge in [-0.15, -0.1) is 0 Å². The summed E-state index contributed by atoms with van der Waals surface area (Å²) >= 11 is 6.76. The summed E-state index contributed by atoms with van der Waals surface area (Å²) < 4.78 is 5.77. The van der Waals surface area contributed by atoms with Crippen LogP contribution in [-0.2, 0) is 22.5 Å². The lowest BCUT2D eigenvalue weighted by molar-refractivity contribution is -0.134. The number of benzene rings is 2. The van der Waals surface area contributed by atoms with Crippen LogP contribution in [0.15, 0.2) is 63.8 Å². The number of halogens is 2. The molecule has 1 aromatic heterocycles. The highest BCUT2D eigenvalue weighted by Gasteiger charge is 2.35. The number of urea groups is 2. The predicted octanol–water partition coefficient (Wildman–Crippen LogP) is 5.64. The highest BCUT2D eigenvalue weighted by Crippen LogP contribution is 2.34. The fourth-order valence-electron chi connectivity index (χ4n) is 6.89. The van der Waals surface area contributed by atoms with Gasteiger partial charge >= 0.3 is 18.0 Å². The summed E-state index contributed by atoms with van der Waals surface area (Å²) in [5.74, 6) is -0.203. The molecule has 0 aliphatic carbocycles. The van der Waals surface area contributed by atoms with E-state index in [1.807, 2.05) is 23.1 Å². The number of nitrogens with zero attached hydrogens (tertiary/aromatic N) is 4. The summed E-state index contributed by atoms with van der Waals surface area (Å²) in [5, 5.41) is 16.2. The second-order valence-corrected chi connectivity index (χ2v) is 14.3. The van der Waals surface area contributed by atoms with Crippen LogP contribution in [0.3, 0.4) is 0 Å². The Bertz CT molecular complexity index is 1700. The summed E-state index contributed by atoms with van der Waals surface area (Å²) in [6.07, 6.45) is 6.62. The number of esters is 1. The third kappa shape index (κ3) is 7.85. The quantitative estimate of drug-likeness (QED) is 0.263. The van der Waals surface area contributed by atoms with Gasteiger partial charge in [-0.05, 0) is 117 Å². The summed E-state index contributed by atoms with van der Waals surface area (Å²) in [5.41, 5.74) is 3.84. The van der Waals surface area contributed by atoms with Crippen LogP contribution in [0.4, 0.5) is 15.3 Å². The number of phenolic OH excluding ortho intramolecular Hbond substituents is 1. The topological polar surface area (TPSA) is 144 Å². The van der Waals surface area contributed by atoms with E-state index in [0.29, 0.717) is 71.7 Å². The SMILES string of the molecule is COC(=O)c1ccc2c(c1)NC(=O)N(C1CCN(C(=O)N[C@H](Cc3cc(Br)c(O)c(Br)c3)C(=O)N3CCC(c4ccncc4)CC3)CC1)C2. The molecule has 5 amide bonds. The van der Waals surface area contributed by atoms with Crippen molar-refractivity contribution in [2.75, 3.05) is 38.6 Å². The zero-order valence-electron chi connectivity index (χ0n) is 27.0. The first-order chi connectivity index (χ1) is 23.6. The highest BCUT2D eigenvalue weighted by molar-refractivity contribution is 9.11. The Kier molecular flexibility index (Phi) is 10.7. The van der Waals surface area contributed by atoms with Crippen molar-refractivity contribution >= 4 is 61.5 Å². The number of likely N-dealkylation sites (tertiary alicyclic amines) is 2. The molecule has 4 heterocycles. The number of carbonyl (C=O) groups excluding carboxylic acids is 4. The van der Waals surface area contributed by atoms with Gasteiger partial charge in [0.1, 0.15) is 11.8 Å². The molecule has 3 aromatic rings. The summed E-state index contributed by atoms with van der Waals surface area (Å²) in [4.78, 5) is 62.1. The number of pyridine rings is 1. The lowest BCUT2D eigenvalue weighted by Gasteiger charge is -2.41. The number of hydrogen-bond acceptors (Lipinski definition) is 7. The lowest BCUT2D eigenvalue weighted by atomic mass is 9.89. The van der Waals surface area contributed by atoms with Crippen LogP contribution >= 0.6 is 31.9 Å². The lowest BCUT2D eigenvalue weighted by Crippen LogP contribution is -2.57. The van der Waals surface area contributed by atoms with E-state index in [9.17, 15) is 24.3 Å². The van der Waals surface area contributed by atoms with E-state index in [-0.39, 0.29) is 36.2 Å². The van der Waals surface area contributed by atoms with Gasteiger partial charge in [-0.25, -0.2) is 14.4 Å². The number of fused-ring (bicyclic) bond motifs is 1.